The van der Waals surface area contributed by atoms with Gasteiger partial charge in [-0.05, 0) is 147 Å². The molecule has 6 aromatic carbocycles. The number of halogens is 12. The number of hydrogen-bond donors (Lipinski definition) is 1. The highest BCUT2D eigenvalue weighted by molar-refractivity contribution is 9.11. The number of alkyl halides is 6. The number of ether oxygens (including phenoxy) is 4. The molecule has 0 aromatic heterocycles. The van der Waals surface area contributed by atoms with Crippen LogP contribution < -0.4 is 19.9 Å². The molecule has 0 heterocycles. The largest absolute Gasteiger partial charge is 0.501 e. The van der Waals surface area contributed by atoms with E-state index in [-0.39, 0.29) is 48.6 Å². The number of nitriles is 1. The molecule has 12 nitrogen and oxygen atoms in total. The van der Waals surface area contributed by atoms with Crippen molar-refractivity contribution >= 4 is 75.0 Å². The fourth-order valence-electron chi connectivity index (χ4n) is 6.14. The maximum atomic E-state index is 13.6. The lowest BCUT2D eigenvalue weighted by atomic mass is 10.1. The van der Waals surface area contributed by atoms with E-state index in [2.05, 4.69) is 36.6 Å². The van der Waals surface area contributed by atoms with Gasteiger partial charge < -0.3 is 24.7 Å². The van der Waals surface area contributed by atoms with Gasteiger partial charge in [-0.2, -0.15) is 31.6 Å². The molecule has 0 radical (unpaired) electrons. The first-order chi connectivity index (χ1) is 33.0. The summed E-state index contributed by atoms with van der Waals surface area (Å²) < 4.78 is 182. The predicted octanol–water partition coefficient (Wildman–Crippen LogP) is 12.9. The molecular weight excluding hydrogens is 1160 g/mol. The molecule has 2 N–H and O–H groups in total. The zero-order chi connectivity index (χ0) is 52.8. The first-order valence-electron chi connectivity index (χ1n) is 19.3. The SMILES string of the molecule is COC(=O)c1cc(F)cc(Oc2ccc(S(=O)(=O)C(F)(F)F)cc2Br)c1.N#Cc1cc(F)cc(Oc2ccc(Cl)c3c2CCC3)c1.NC(=O)c1cc(F)cc(Oc2ccc(S(=O)(=O)C(F)(F)F)cc2Br)c1. The minimum atomic E-state index is -5.52. The third-order valence-electron chi connectivity index (χ3n) is 9.35. The molecule has 0 saturated heterocycles. The van der Waals surface area contributed by atoms with E-state index in [4.69, 9.17) is 36.8 Å². The van der Waals surface area contributed by atoms with Crippen LogP contribution in [0.5, 0.6) is 34.5 Å². The van der Waals surface area contributed by atoms with E-state index >= 15 is 0 Å². The number of amides is 1. The summed E-state index contributed by atoms with van der Waals surface area (Å²) in [4.78, 5) is 20.6. The first-order valence-corrected chi connectivity index (χ1v) is 24.2. The average molecular weight is 1190 g/mol. The predicted molar refractivity (Wildman–Crippen MR) is 242 cm³/mol. The van der Waals surface area contributed by atoms with Crippen LogP contribution in [0.25, 0.3) is 0 Å². The summed E-state index contributed by atoms with van der Waals surface area (Å²) in [6.07, 6.45) is 2.89. The lowest BCUT2D eigenvalue weighted by Gasteiger charge is -2.12. The molecule has 0 fully saturated rings. The van der Waals surface area contributed by atoms with Gasteiger partial charge in [0.1, 0.15) is 51.9 Å². The van der Waals surface area contributed by atoms with Crippen LogP contribution in [0.2, 0.25) is 5.02 Å². The quantitative estimate of drug-likeness (QED) is 0.101. The average Bonchev–Trinajstić information content (AvgIpc) is 3.79. The van der Waals surface area contributed by atoms with Gasteiger partial charge in [-0.15, -0.1) is 0 Å². The lowest BCUT2D eigenvalue weighted by molar-refractivity contribution is -0.0442. The summed E-state index contributed by atoms with van der Waals surface area (Å²) in [6, 6.07) is 20.1. The Hall–Kier alpha value is -6.33. The summed E-state index contributed by atoms with van der Waals surface area (Å²) in [7, 11) is -9.94. The van der Waals surface area contributed by atoms with E-state index in [9.17, 15) is 65.9 Å². The number of sulfone groups is 2. The Morgan fingerprint density at radius 2 is 1.04 bits per heavy atom. The van der Waals surface area contributed by atoms with Crippen molar-refractivity contribution in [3.63, 3.8) is 0 Å². The standard InChI is InChI=1S/C16H11ClFNO.C15H9BrF4O5S.C14H8BrF4NO4S/c17-15-4-5-16(14-3-1-2-13(14)15)20-12-7-10(9-19)6-11(18)8-12;1-24-14(21)8-4-9(17)6-10(5-8)25-13-3-2-11(7-12(13)16)26(22,23)15(18,19)20;15-11-6-10(25(22,23)14(17,18)19)1-2-12(11)24-9-4-7(13(20)21)3-8(16)5-9/h4-8H,1-3H2;2-7H,1H3;1-6H,(H2,20,21). The van der Waals surface area contributed by atoms with Crippen molar-refractivity contribution < 1.29 is 84.9 Å². The Morgan fingerprint density at radius 1 is 0.620 bits per heavy atom. The number of nitrogens with two attached hydrogens (primary N) is 1. The molecule has 6 aromatic rings. The molecule has 26 heteroatoms. The number of esters is 1. The van der Waals surface area contributed by atoms with E-state index in [1.807, 2.05) is 6.07 Å². The van der Waals surface area contributed by atoms with Crippen molar-refractivity contribution in [2.24, 2.45) is 5.73 Å². The van der Waals surface area contributed by atoms with E-state index in [1.165, 1.54) is 18.2 Å². The van der Waals surface area contributed by atoms with Gasteiger partial charge in [-0.1, -0.05) is 11.6 Å². The molecule has 0 bridgehead atoms. The molecule has 0 atom stereocenters. The van der Waals surface area contributed by atoms with Crippen molar-refractivity contribution in [2.75, 3.05) is 7.11 Å². The van der Waals surface area contributed by atoms with E-state index in [0.717, 1.165) is 91.1 Å². The van der Waals surface area contributed by atoms with Crippen molar-refractivity contribution in [2.45, 2.75) is 40.1 Å². The highest BCUT2D eigenvalue weighted by Crippen LogP contribution is 2.40. The van der Waals surface area contributed by atoms with Crippen LogP contribution in [-0.4, -0.2) is 46.8 Å². The van der Waals surface area contributed by atoms with Gasteiger partial charge in [0.15, 0.2) is 0 Å². The highest BCUT2D eigenvalue weighted by Gasteiger charge is 2.48. The fraction of sp³-hybridized carbons (Fsp3) is 0.133. The van der Waals surface area contributed by atoms with Crippen LogP contribution in [0.1, 0.15) is 43.8 Å². The molecule has 0 spiro atoms. The van der Waals surface area contributed by atoms with Crippen LogP contribution >= 0.6 is 43.5 Å². The molecule has 1 amide bonds. The van der Waals surface area contributed by atoms with Crippen molar-refractivity contribution in [3.8, 4) is 40.6 Å². The molecule has 0 aliphatic heterocycles. The summed E-state index contributed by atoms with van der Waals surface area (Å²) in [5.74, 6) is -3.30. The van der Waals surface area contributed by atoms with Gasteiger partial charge in [0.25, 0.3) is 19.7 Å². The minimum Gasteiger partial charge on any atom is -0.465 e. The van der Waals surface area contributed by atoms with Crippen LogP contribution in [0, 0.1) is 28.8 Å². The highest BCUT2D eigenvalue weighted by atomic mass is 79.9. The Labute approximate surface area is 418 Å². The number of primary amides is 1. The minimum absolute atomic E-state index is 0.0902. The third-order valence-corrected chi connectivity index (χ3v) is 13.9. The molecule has 374 valence electrons. The van der Waals surface area contributed by atoms with Gasteiger partial charge in [0, 0.05) is 28.8 Å². The molecule has 7 rings (SSSR count). The number of hydrogen-bond acceptors (Lipinski definition) is 11. The summed E-state index contributed by atoms with van der Waals surface area (Å²) in [5, 5.41) is 9.61. The van der Waals surface area contributed by atoms with Gasteiger partial charge in [-0.25, -0.2) is 34.8 Å². The topological polar surface area (TPSA) is 189 Å². The number of carbonyl (C=O) groups is 2. The Bertz CT molecular complexity index is 3320. The van der Waals surface area contributed by atoms with Gasteiger partial charge in [0.05, 0.1) is 43.0 Å². The third kappa shape index (κ3) is 13.8. The molecule has 1 aliphatic rings. The van der Waals surface area contributed by atoms with Crippen LogP contribution in [0.3, 0.4) is 0 Å². The number of benzene rings is 6. The maximum absolute atomic E-state index is 13.6. The second-order valence-corrected chi connectivity index (χ2v) is 20.2. The van der Waals surface area contributed by atoms with Crippen LogP contribution in [-0.2, 0) is 37.3 Å². The number of nitrogens with zero attached hydrogens (tertiary/aromatic N) is 1. The molecule has 1 aliphatic carbocycles. The number of fused-ring (bicyclic) bond motifs is 1. The van der Waals surface area contributed by atoms with Crippen LogP contribution in [0.15, 0.2) is 122 Å². The molecular formula is C45H28Br2ClF9N2O10S2. The van der Waals surface area contributed by atoms with Crippen molar-refractivity contribution in [3.05, 3.63) is 162 Å². The normalized spacial score (nSPS) is 12.2. The first kappa shape index (κ1) is 55.6. The van der Waals surface area contributed by atoms with Crippen molar-refractivity contribution in [1.82, 2.24) is 0 Å². The van der Waals surface area contributed by atoms with Gasteiger partial charge >= 0.3 is 17.0 Å². The van der Waals surface area contributed by atoms with E-state index in [1.54, 1.807) is 12.1 Å². The Morgan fingerprint density at radius 3 is 1.49 bits per heavy atom. The Balaban J connectivity index is 0.000000200. The van der Waals surface area contributed by atoms with E-state index in [0.29, 0.717) is 35.8 Å². The summed E-state index contributed by atoms with van der Waals surface area (Å²) in [5.41, 5.74) is -3.75. The smallest absolute Gasteiger partial charge is 0.465 e. The van der Waals surface area contributed by atoms with E-state index < -0.39 is 69.8 Å². The molecule has 71 heavy (non-hydrogen) atoms. The van der Waals surface area contributed by atoms with Gasteiger partial charge in [0.2, 0.25) is 5.91 Å². The van der Waals surface area contributed by atoms with Gasteiger partial charge in [-0.3, -0.25) is 4.79 Å². The molecule has 0 saturated carbocycles. The number of carbonyl (C=O) groups excluding carboxylic acids is 2. The second kappa shape index (κ2) is 22.4. The number of rotatable bonds is 10. The second-order valence-electron chi connectivity index (χ2n) is 14.2. The fourth-order valence-corrected chi connectivity index (χ4v) is 9.21. The lowest BCUT2D eigenvalue weighted by Crippen LogP contribution is -2.23. The zero-order valence-electron chi connectivity index (χ0n) is 35.4. The Kier molecular flexibility index (Phi) is 17.5. The monoisotopic (exact) mass is 1180 g/mol. The summed E-state index contributed by atoms with van der Waals surface area (Å²) >= 11 is 11.9. The zero-order valence-corrected chi connectivity index (χ0v) is 41.0. The van der Waals surface area contributed by atoms with Crippen molar-refractivity contribution in [1.29, 1.82) is 5.26 Å². The summed E-state index contributed by atoms with van der Waals surface area (Å²) in [6.45, 7) is 0. The number of methoxy groups -OCH3 is 1. The molecule has 0 unspecified atom stereocenters. The van der Waals surface area contributed by atoms with Crippen LogP contribution in [0.4, 0.5) is 39.5 Å². The maximum Gasteiger partial charge on any atom is 0.501 e.